The summed E-state index contributed by atoms with van der Waals surface area (Å²) in [5.41, 5.74) is -0.585. The second-order valence-corrected chi connectivity index (χ2v) is 6.90. The van der Waals surface area contributed by atoms with E-state index >= 15 is 0 Å². The topological polar surface area (TPSA) is 0 Å². The van der Waals surface area contributed by atoms with E-state index in [1.165, 1.54) is 0 Å². The smallest absolute Gasteiger partial charge is 0.191 e. The molecule has 0 atom stereocenters. The average molecular weight is 511 g/mol. The van der Waals surface area contributed by atoms with Crippen LogP contribution in [0, 0.1) is 3.57 Å². The molecule has 0 spiro atoms. The lowest BCUT2D eigenvalue weighted by atomic mass is 10.00. The second-order valence-electron chi connectivity index (χ2n) is 4.39. The Kier molecular flexibility index (Phi) is 5.09. The Morgan fingerprint density at radius 3 is 2.14 bits per heavy atom. The van der Waals surface area contributed by atoms with Gasteiger partial charge < -0.3 is 0 Å². The van der Waals surface area contributed by atoms with Crippen LogP contribution < -0.4 is 0 Å². The highest BCUT2D eigenvalue weighted by molar-refractivity contribution is 14.1. The lowest BCUT2D eigenvalue weighted by Gasteiger charge is -2.21. The number of hydrogen-bond acceptors (Lipinski definition) is 0. The fourth-order valence-corrected chi connectivity index (χ4v) is 2.97. The summed E-state index contributed by atoms with van der Waals surface area (Å²) in [6.07, 6.45) is -5.66. The number of benzene rings is 2. The first-order valence-electron chi connectivity index (χ1n) is 5.74. The third-order valence-electron chi connectivity index (χ3n) is 2.90. The normalized spacial score (nSPS) is 12.5. The third-order valence-corrected chi connectivity index (χ3v) is 4.60. The van der Waals surface area contributed by atoms with E-state index in [0.29, 0.717) is 10.0 Å². The van der Waals surface area contributed by atoms with E-state index in [-0.39, 0.29) is 10.6 Å². The highest BCUT2D eigenvalue weighted by Crippen LogP contribution is 2.46. The van der Waals surface area contributed by atoms with Crippen LogP contribution in [0.25, 0.3) is 11.1 Å². The van der Waals surface area contributed by atoms with E-state index in [0.717, 1.165) is 21.8 Å². The Morgan fingerprint density at radius 1 is 0.909 bits per heavy atom. The Labute approximate surface area is 149 Å². The number of alkyl halides is 5. The fourth-order valence-electron chi connectivity index (χ4n) is 1.79. The molecule has 0 bridgehead atoms. The summed E-state index contributed by atoms with van der Waals surface area (Å²) < 4.78 is 65.7. The molecule has 0 unspecified atom stereocenters. The number of hydrogen-bond donors (Lipinski definition) is 0. The molecule has 0 heterocycles. The van der Waals surface area contributed by atoms with Gasteiger partial charge in [0.05, 0.1) is 0 Å². The molecule has 22 heavy (non-hydrogen) atoms. The van der Waals surface area contributed by atoms with Gasteiger partial charge in [-0.05, 0) is 58.5 Å². The van der Waals surface area contributed by atoms with Gasteiger partial charge in [0.1, 0.15) is 0 Å². The van der Waals surface area contributed by atoms with Gasteiger partial charge in [0, 0.05) is 24.2 Å². The lowest BCUT2D eigenvalue weighted by Crippen LogP contribution is -2.33. The van der Waals surface area contributed by atoms with Crippen LogP contribution in [0.15, 0.2) is 40.9 Å². The molecule has 0 aliphatic heterocycles. The molecule has 0 aromatic heterocycles. The standard InChI is InChI=1S/C14H6BrClF5I/c15-11-3-1-7(13(17,18)14(19,20)21)5-9(11)10-6-8(22)2-4-12(10)16/h1-6H. The Hall–Kier alpha value is -0.410. The van der Waals surface area contributed by atoms with Gasteiger partial charge in [-0.1, -0.05) is 33.6 Å². The maximum Gasteiger partial charge on any atom is 0.458 e. The van der Waals surface area contributed by atoms with Crippen molar-refractivity contribution < 1.29 is 22.0 Å². The highest BCUT2D eigenvalue weighted by atomic mass is 127. The molecule has 118 valence electrons. The zero-order chi connectivity index (χ0) is 16.7. The number of halogens is 8. The van der Waals surface area contributed by atoms with Crippen molar-refractivity contribution >= 4 is 50.1 Å². The highest BCUT2D eigenvalue weighted by Gasteiger charge is 2.58. The van der Waals surface area contributed by atoms with E-state index in [2.05, 4.69) is 15.9 Å². The zero-order valence-corrected chi connectivity index (χ0v) is 15.0. The van der Waals surface area contributed by atoms with Crippen molar-refractivity contribution in [3.63, 3.8) is 0 Å². The van der Waals surface area contributed by atoms with E-state index < -0.39 is 17.7 Å². The second kappa shape index (κ2) is 6.24. The Bertz CT molecular complexity index is 715. The fraction of sp³-hybridized carbons (Fsp3) is 0.143. The molecule has 0 N–H and O–H groups in total. The quantitative estimate of drug-likeness (QED) is 0.300. The van der Waals surface area contributed by atoms with E-state index in [9.17, 15) is 22.0 Å². The van der Waals surface area contributed by atoms with Gasteiger partial charge in [-0.15, -0.1) is 0 Å². The first-order chi connectivity index (χ1) is 10.0. The van der Waals surface area contributed by atoms with E-state index in [1.54, 1.807) is 18.2 Å². The van der Waals surface area contributed by atoms with Crippen LogP contribution in [0.4, 0.5) is 22.0 Å². The molecule has 0 saturated carbocycles. The molecule has 2 aromatic rings. The number of rotatable bonds is 2. The molecule has 0 fully saturated rings. The summed E-state index contributed by atoms with van der Waals surface area (Å²) in [6.45, 7) is 0. The molecule has 0 amide bonds. The lowest BCUT2D eigenvalue weighted by molar-refractivity contribution is -0.289. The van der Waals surface area contributed by atoms with Crippen molar-refractivity contribution in [2.45, 2.75) is 12.1 Å². The van der Waals surface area contributed by atoms with Gasteiger partial charge in [0.15, 0.2) is 0 Å². The first kappa shape index (κ1) is 17.9. The van der Waals surface area contributed by atoms with Crippen molar-refractivity contribution in [2.75, 3.05) is 0 Å². The van der Waals surface area contributed by atoms with Gasteiger partial charge in [0.25, 0.3) is 0 Å². The van der Waals surface area contributed by atoms with Crippen molar-refractivity contribution in [2.24, 2.45) is 0 Å². The summed E-state index contributed by atoms with van der Waals surface area (Å²) in [7, 11) is 0. The van der Waals surface area contributed by atoms with Crippen LogP contribution in [-0.2, 0) is 5.92 Å². The van der Waals surface area contributed by atoms with Crippen molar-refractivity contribution in [3.8, 4) is 11.1 Å². The van der Waals surface area contributed by atoms with Crippen LogP contribution in [-0.4, -0.2) is 6.18 Å². The van der Waals surface area contributed by atoms with Crippen molar-refractivity contribution in [1.29, 1.82) is 0 Å². The summed E-state index contributed by atoms with van der Waals surface area (Å²) in [5.74, 6) is -4.93. The maximum atomic E-state index is 13.5. The van der Waals surface area contributed by atoms with Gasteiger partial charge in [0.2, 0.25) is 0 Å². The van der Waals surface area contributed by atoms with E-state index in [4.69, 9.17) is 11.6 Å². The monoisotopic (exact) mass is 510 g/mol. The molecule has 2 aromatic carbocycles. The van der Waals surface area contributed by atoms with Gasteiger partial charge in [-0.3, -0.25) is 0 Å². The maximum absolute atomic E-state index is 13.5. The summed E-state index contributed by atoms with van der Waals surface area (Å²) in [5, 5.41) is 0.258. The predicted octanol–water partition coefficient (Wildman–Crippen LogP) is 7.03. The molecule has 0 nitrogen and oxygen atoms in total. The van der Waals surface area contributed by atoms with Crippen LogP contribution in [0.2, 0.25) is 5.02 Å². The van der Waals surface area contributed by atoms with Crippen molar-refractivity contribution in [1.82, 2.24) is 0 Å². The van der Waals surface area contributed by atoms with Gasteiger partial charge in [-0.2, -0.15) is 22.0 Å². The van der Waals surface area contributed by atoms with Crippen LogP contribution in [0.5, 0.6) is 0 Å². The van der Waals surface area contributed by atoms with Crippen LogP contribution in [0.1, 0.15) is 5.56 Å². The largest absolute Gasteiger partial charge is 0.458 e. The van der Waals surface area contributed by atoms with Gasteiger partial charge >= 0.3 is 12.1 Å². The Balaban J connectivity index is 2.64. The molecule has 0 saturated heterocycles. The van der Waals surface area contributed by atoms with Gasteiger partial charge in [-0.25, -0.2) is 0 Å². The minimum absolute atomic E-state index is 0.171. The van der Waals surface area contributed by atoms with Crippen LogP contribution >= 0.6 is 50.1 Å². The first-order valence-corrected chi connectivity index (χ1v) is 7.99. The van der Waals surface area contributed by atoms with Crippen molar-refractivity contribution in [3.05, 3.63) is 55.0 Å². The molecular weight excluding hydrogens is 505 g/mol. The average Bonchev–Trinajstić information content (AvgIpc) is 2.41. The minimum Gasteiger partial charge on any atom is -0.191 e. The molecule has 0 aliphatic carbocycles. The Morgan fingerprint density at radius 2 is 1.55 bits per heavy atom. The summed E-state index contributed by atoms with van der Waals surface area (Å²) >= 11 is 11.2. The molecule has 2 rings (SSSR count). The van der Waals surface area contributed by atoms with Crippen LogP contribution in [0.3, 0.4) is 0 Å². The summed E-state index contributed by atoms with van der Waals surface area (Å²) in [6, 6.07) is 7.56. The minimum atomic E-state index is -5.66. The van der Waals surface area contributed by atoms with E-state index in [1.807, 2.05) is 22.6 Å². The molecule has 8 heteroatoms. The molecule has 0 aliphatic rings. The zero-order valence-electron chi connectivity index (χ0n) is 10.5. The summed E-state index contributed by atoms with van der Waals surface area (Å²) in [4.78, 5) is 0. The molecule has 0 radical (unpaired) electrons. The predicted molar refractivity (Wildman–Crippen MR) is 87.3 cm³/mol. The molecular formula is C14H6BrClF5I. The SMILES string of the molecule is FC(F)(F)C(F)(F)c1ccc(Br)c(-c2cc(I)ccc2Cl)c1. The third kappa shape index (κ3) is 3.41.